The predicted octanol–water partition coefficient (Wildman–Crippen LogP) is 5.08. The number of rotatable bonds is 3. The molecule has 1 aromatic heterocycles. The number of aromatic nitrogens is 2. The van der Waals surface area contributed by atoms with E-state index in [-0.39, 0.29) is 18.6 Å². The Morgan fingerprint density at radius 1 is 1.04 bits per heavy atom. The zero-order valence-electron chi connectivity index (χ0n) is 11.9. The molecule has 2 unspecified atom stereocenters. The second-order valence-corrected chi connectivity index (χ2v) is 6.05. The van der Waals surface area contributed by atoms with Crippen LogP contribution < -0.4 is 0 Å². The third-order valence-electron chi connectivity index (χ3n) is 3.93. The molecular formula is C17H13Cl3N2O. The Morgan fingerprint density at radius 3 is 2.43 bits per heavy atom. The molecule has 2 aromatic carbocycles. The monoisotopic (exact) mass is 366 g/mol. The van der Waals surface area contributed by atoms with E-state index in [1.54, 1.807) is 12.5 Å². The highest BCUT2D eigenvalue weighted by atomic mass is 35.5. The first kappa shape index (κ1) is 16.3. The van der Waals surface area contributed by atoms with Crippen LogP contribution in [0.15, 0.2) is 67.3 Å². The third kappa shape index (κ3) is 2.64. The maximum Gasteiger partial charge on any atom is 0.174 e. The van der Waals surface area contributed by atoms with E-state index in [0.717, 1.165) is 11.1 Å². The fourth-order valence-corrected chi connectivity index (χ4v) is 3.25. The molecule has 23 heavy (non-hydrogen) atoms. The zero-order chi connectivity index (χ0) is 15.2. The molecule has 0 radical (unpaired) electrons. The van der Waals surface area contributed by atoms with Gasteiger partial charge in [0, 0.05) is 28.0 Å². The first-order valence-electron chi connectivity index (χ1n) is 6.88. The van der Waals surface area contributed by atoms with Crippen LogP contribution >= 0.6 is 35.6 Å². The molecule has 1 aliphatic heterocycles. The Kier molecular flexibility index (Phi) is 4.39. The first-order valence-corrected chi connectivity index (χ1v) is 7.64. The van der Waals surface area contributed by atoms with E-state index >= 15 is 0 Å². The van der Waals surface area contributed by atoms with Gasteiger partial charge in [0.25, 0.3) is 0 Å². The summed E-state index contributed by atoms with van der Waals surface area (Å²) >= 11 is 12.4. The Bertz CT molecular complexity index is 805. The van der Waals surface area contributed by atoms with Crippen molar-refractivity contribution in [2.45, 2.75) is 11.8 Å². The lowest BCUT2D eigenvalue weighted by Gasteiger charge is -2.16. The van der Waals surface area contributed by atoms with Gasteiger partial charge in [-0.1, -0.05) is 53.5 Å². The molecule has 4 rings (SSSR count). The molecular weight excluding hydrogens is 355 g/mol. The lowest BCUT2D eigenvalue weighted by Crippen LogP contribution is -2.15. The average molecular weight is 368 g/mol. The van der Waals surface area contributed by atoms with Gasteiger partial charge in [-0.05, 0) is 23.8 Å². The molecule has 0 saturated carbocycles. The van der Waals surface area contributed by atoms with Crippen molar-refractivity contribution in [3.8, 4) is 0 Å². The van der Waals surface area contributed by atoms with E-state index in [9.17, 15) is 0 Å². The van der Waals surface area contributed by atoms with Crippen molar-refractivity contribution < 1.29 is 4.74 Å². The van der Waals surface area contributed by atoms with Crippen LogP contribution in [0.25, 0.3) is 0 Å². The maximum absolute atomic E-state index is 6.43. The van der Waals surface area contributed by atoms with Crippen LogP contribution in [0.1, 0.15) is 17.4 Å². The summed E-state index contributed by atoms with van der Waals surface area (Å²) in [5, 5.41) is 1.37. The lowest BCUT2D eigenvalue weighted by molar-refractivity contribution is 0.304. The summed E-state index contributed by atoms with van der Waals surface area (Å²) in [4.78, 5) is 4.10. The Labute approximate surface area is 150 Å². The summed E-state index contributed by atoms with van der Waals surface area (Å²) in [6, 6.07) is 15.4. The minimum Gasteiger partial charge on any atom is -0.333 e. The summed E-state index contributed by atoms with van der Waals surface area (Å²) in [5.74, 6) is 0. The van der Waals surface area contributed by atoms with Gasteiger partial charge in [-0.25, -0.2) is 4.98 Å². The van der Waals surface area contributed by atoms with Crippen molar-refractivity contribution in [3.63, 3.8) is 0 Å². The molecule has 6 heteroatoms. The van der Waals surface area contributed by atoms with Crippen molar-refractivity contribution in [2.24, 2.45) is 0 Å². The molecule has 1 saturated heterocycles. The number of halogens is 3. The third-order valence-corrected chi connectivity index (χ3v) is 4.51. The van der Waals surface area contributed by atoms with E-state index in [1.165, 1.54) is 0 Å². The van der Waals surface area contributed by atoms with Gasteiger partial charge < -0.3 is 9.30 Å². The van der Waals surface area contributed by atoms with Gasteiger partial charge in [0.15, 0.2) is 11.8 Å². The second-order valence-electron chi connectivity index (χ2n) is 5.20. The average Bonchev–Trinajstić information content (AvgIpc) is 3.04. The van der Waals surface area contributed by atoms with Gasteiger partial charge in [-0.3, -0.25) is 0 Å². The molecule has 0 aliphatic carbocycles. The number of imidazole rings is 1. The molecule has 1 fully saturated rings. The summed E-state index contributed by atoms with van der Waals surface area (Å²) in [5.41, 5.74) is 1.35. The Morgan fingerprint density at radius 2 is 1.78 bits per heavy atom. The zero-order valence-corrected chi connectivity index (χ0v) is 14.2. The van der Waals surface area contributed by atoms with E-state index in [1.807, 2.05) is 59.3 Å². The van der Waals surface area contributed by atoms with Crippen LogP contribution in [0, 0.1) is 0 Å². The van der Waals surface area contributed by atoms with Gasteiger partial charge in [0.05, 0.1) is 6.33 Å². The fraction of sp³-hybridized carbons (Fsp3) is 0.118. The molecule has 118 valence electrons. The quantitative estimate of drug-likeness (QED) is 0.604. The Balaban J connectivity index is 0.00000156. The van der Waals surface area contributed by atoms with Crippen molar-refractivity contribution in [3.05, 3.63) is 88.4 Å². The van der Waals surface area contributed by atoms with Crippen LogP contribution in [0.4, 0.5) is 0 Å². The first-order chi connectivity index (χ1) is 10.7. The van der Waals surface area contributed by atoms with E-state index in [4.69, 9.17) is 27.9 Å². The van der Waals surface area contributed by atoms with Gasteiger partial charge in [-0.2, -0.15) is 0 Å². The molecule has 0 spiro atoms. The van der Waals surface area contributed by atoms with Gasteiger partial charge in [0.1, 0.15) is 0 Å². The molecule has 3 nitrogen and oxygen atoms in total. The van der Waals surface area contributed by atoms with Crippen LogP contribution in [0.5, 0.6) is 0 Å². The van der Waals surface area contributed by atoms with Crippen molar-refractivity contribution >= 4 is 35.6 Å². The van der Waals surface area contributed by atoms with Crippen molar-refractivity contribution in [1.82, 2.24) is 9.55 Å². The topological polar surface area (TPSA) is 30.4 Å². The highest BCUT2D eigenvalue weighted by Gasteiger charge is 2.61. The molecule has 3 aromatic rings. The molecule has 2 heterocycles. The van der Waals surface area contributed by atoms with Crippen molar-refractivity contribution in [2.75, 3.05) is 0 Å². The van der Waals surface area contributed by atoms with Gasteiger partial charge >= 0.3 is 0 Å². The summed E-state index contributed by atoms with van der Waals surface area (Å²) in [7, 11) is 0. The van der Waals surface area contributed by atoms with Gasteiger partial charge in [-0.15, -0.1) is 12.4 Å². The Hall–Kier alpha value is -1.52. The van der Waals surface area contributed by atoms with Crippen LogP contribution in [-0.2, 0) is 10.3 Å². The van der Waals surface area contributed by atoms with Gasteiger partial charge in [0.2, 0.25) is 0 Å². The molecule has 1 aliphatic rings. The van der Waals surface area contributed by atoms with Crippen LogP contribution in [0.3, 0.4) is 0 Å². The largest absolute Gasteiger partial charge is 0.333 e. The fourth-order valence-electron chi connectivity index (χ4n) is 2.84. The normalized spacial score (nSPS) is 22.4. The molecule has 0 N–H and O–H groups in total. The summed E-state index contributed by atoms with van der Waals surface area (Å²) in [6.45, 7) is 0. The molecule has 0 amide bonds. The number of nitrogens with zero attached hydrogens (tertiary/aromatic N) is 2. The highest BCUT2D eigenvalue weighted by Crippen LogP contribution is 2.59. The lowest BCUT2D eigenvalue weighted by atomic mass is 9.90. The van der Waals surface area contributed by atoms with E-state index < -0.39 is 5.60 Å². The number of epoxide rings is 1. The molecule has 0 bridgehead atoms. The summed E-state index contributed by atoms with van der Waals surface area (Å²) < 4.78 is 8.08. The van der Waals surface area contributed by atoms with Crippen LogP contribution in [-0.4, -0.2) is 9.55 Å². The van der Waals surface area contributed by atoms with E-state index in [0.29, 0.717) is 10.0 Å². The SMILES string of the molecule is Cl.Clc1ccc(C2(c3ccccc3Cl)OC2n2ccnc2)cc1. The smallest absolute Gasteiger partial charge is 0.174 e. The number of ether oxygens (including phenoxy) is 1. The number of hydrogen-bond donors (Lipinski definition) is 0. The predicted molar refractivity (Wildman–Crippen MR) is 93.3 cm³/mol. The van der Waals surface area contributed by atoms with E-state index in [2.05, 4.69) is 4.98 Å². The summed E-state index contributed by atoms with van der Waals surface area (Å²) in [6.07, 6.45) is 5.20. The minimum atomic E-state index is -0.608. The number of hydrogen-bond acceptors (Lipinski definition) is 2. The number of benzene rings is 2. The highest BCUT2D eigenvalue weighted by molar-refractivity contribution is 6.31. The second kappa shape index (κ2) is 6.17. The van der Waals surface area contributed by atoms with Crippen molar-refractivity contribution in [1.29, 1.82) is 0 Å². The molecule has 2 atom stereocenters. The standard InChI is InChI=1S/C17H12Cl2N2O.ClH/c18-13-7-5-12(6-8-13)17(14-3-1-2-4-15(14)19)16(22-17)21-10-9-20-11-21;/h1-11,16H;1H. The maximum atomic E-state index is 6.43. The minimum absolute atomic E-state index is 0. The van der Waals surface area contributed by atoms with Crippen LogP contribution in [0.2, 0.25) is 10.0 Å².